The highest BCUT2D eigenvalue weighted by Gasteiger charge is 2.54. The number of nitrogens with one attached hydrogen (secondary N) is 3. The SMILES string of the molecule is COc1cccc(C2c3[nH]c4ccccc4c3CC3C(=O)N(CCc4ccc(-c5ccc6[nH]c7c(c6c5)CC5C(=O)N(c6ccc(-c8ccc9[nH]c%10c(c9c8)CC8C(=O)N(Cc9ccccc9)C(=S)N8C%10c8cccc(OC)c8)cc6C)C(=S)N5C7c5cccc(OC)c5)cc4)C(=S)N32)c1. The summed E-state index contributed by atoms with van der Waals surface area (Å²) in [7, 11) is 5.00. The number of thiocarbonyl (C=S) groups is 3. The molecule has 6 aliphatic rings. The molecule has 0 spiro atoms. The van der Waals surface area contributed by atoms with Gasteiger partial charge in [0, 0.05) is 75.6 Å². The van der Waals surface area contributed by atoms with Gasteiger partial charge in [0.25, 0.3) is 17.7 Å². The van der Waals surface area contributed by atoms with Gasteiger partial charge in [-0.05, 0) is 201 Å². The Morgan fingerprint density at radius 3 is 1.39 bits per heavy atom. The van der Waals surface area contributed by atoms with E-state index < -0.39 is 24.2 Å². The van der Waals surface area contributed by atoms with E-state index in [1.165, 1.54) is 0 Å². The summed E-state index contributed by atoms with van der Waals surface area (Å²) in [5, 5.41) is 4.68. The van der Waals surface area contributed by atoms with Crippen molar-refractivity contribution >= 4 is 108 Å². The van der Waals surface area contributed by atoms with E-state index in [9.17, 15) is 9.59 Å². The van der Waals surface area contributed by atoms with Crippen molar-refractivity contribution in [2.24, 2.45) is 0 Å². The molecule has 100 heavy (non-hydrogen) atoms. The van der Waals surface area contributed by atoms with Crippen molar-refractivity contribution in [2.75, 3.05) is 32.8 Å². The lowest BCUT2D eigenvalue weighted by molar-refractivity contribution is -0.129. The second-order valence-electron chi connectivity index (χ2n) is 26.9. The van der Waals surface area contributed by atoms with Crippen LogP contribution in [-0.2, 0) is 46.6 Å². The zero-order chi connectivity index (χ0) is 67.9. The Kier molecular flexibility index (Phi) is 14.7. The minimum absolute atomic E-state index is 0.0152. The number of methoxy groups -OCH3 is 3. The summed E-state index contributed by atoms with van der Waals surface area (Å²) in [6.07, 6.45) is 2.08. The van der Waals surface area contributed by atoms with Crippen LogP contribution in [0.1, 0.15) is 85.3 Å². The molecule has 18 rings (SSSR count). The largest absolute Gasteiger partial charge is 0.497 e. The van der Waals surface area contributed by atoms with Crippen LogP contribution in [0, 0.1) is 6.92 Å². The lowest BCUT2D eigenvalue weighted by Crippen LogP contribution is -2.44. The van der Waals surface area contributed by atoms with E-state index in [-0.39, 0.29) is 29.8 Å². The molecule has 3 fully saturated rings. The lowest BCUT2D eigenvalue weighted by Gasteiger charge is -2.37. The molecule has 0 aliphatic carbocycles. The van der Waals surface area contributed by atoms with Crippen LogP contribution in [0.4, 0.5) is 5.69 Å². The fraction of sp³-hybridized carbons (Fsp3) is 0.195. The molecule has 3 aromatic heterocycles. The zero-order valence-corrected chi connectivity index (χ0v) is 57.6. The molecular formula is C82H67N9O6S3. The van der Waals surface area contributed by atoms with Crippen molar-refractivity contribution < 1.29 is 28.6 Å². The zero-order valence-electron chi connectivity index (χ0n) is 55.2. The molecule has 18 heteroatoms. The number of aromatic amines is 3. The molecule has 0 bridgehead atoms. The maximum absolute atomic E-state index is 15.5. The molecule has 3 N–H and O–H groups in total. The number of hydrogen-bond acceptors (Lipinski definition) is 9. The topological polar surface area (TPSA) is 146 Å². The summed E-state index contributed by atoms with van der Waals surface area (Å²) >= 11 is 19.0. The number of carbonyl (C=O) groups is 3. The number of rotatable bonds is 14. The number of aryl methyl sites for hydroxylation is 1. The van der Waals surface area contributed by atoms with Gasteiger partial charge in [-0.3, -0.25) is 29.1 Å². The average Bonchev–Trinajstić information content (AvgIpc) is 1.57. The van der Waals surface area contributed by atoms with Crippen molar-refractivity contribution in [3.8, 4) is 39.5 Å². The number of aromatic nitrogens is 3. The minimum Gasteiger partial charge on any atom is -0.497 e. The molecule has 0 radical (unpaired) electrons. The highest BCUT2D eigenvalue weighted by molar-refractivity contribution is 7.80. The summed E-state index contributed by atoms with van der Waals surface area (Å²) in [6, 6.07) is 67.6. The number of nitrogens with zero attached hydrogens (tertiary/aromatic N) is 6. The molecule has 3 saturated heterocycles. The van der Waals surface area contributed by atoms with Gasteiger partial charge >= 0.3 is 0 Å². The van der Waals surface area contributed by atoms with Crippen molar-refractivity contribution in [3.63, 3.8) is 0 Å². The first-order chi connectivity index (χ1) is 48.8. The van der Waals surface area contributed by atoms with E-state index >= 15 is 4.79 Å². The van der Waals surface area contributed by atoms with Crippen molar-refractivity contribution in [2.45, 2.75) is 75.4 Å². The Morgan fingerprint density at radius 1 is 0.410 bits per heavy atom. The van der Waals surface area contributed by atoms with Gasteiger partial charge in [-0.25, -0.2) is 0 Å². The fourth-order valence-electron chi connectivity index (χ4n) is 16.8. The van der Waals surface area contributed by atoms with Crippen LogP contribution in [0.5, 0.6) is 17.2 Å². The first kappa shape index (κ1) is 61.4. The maximum atomic E-state index is 15.5. The maximum Gasteiger partial charge on any atom is 0.256 e. The molecular weight excluding hydrogens is 1300 g/mol. The Hall–Kier alpha value is -10.9. The third kappa shape index (κ3) is 9.69. The van der Waals surface area contributed by atoms with Crippen LogP contribution in [0.2, 0.25) is 0 Å². The highest BCUT2D eigenvalue weighted by atomic mass is 32.1. The number of fused-ring (bicyclic) bond motifs is 12. The molecule has 12 aromatic rings. The second kappa shape index (κ2) is 23.9. The molecule has 9 aromatic carbocycles. The van der Waals surface area contributed by atoms with E-state index in [0.717, 1.165) is 139 Å². The Labute approximate surface area is 593 Å². The smallest absolute Gasteiger partial charge is 0.256 e. The average molecular weight is 1370 g/mol. The summed E-state index contributed by atoms with van der Waals surface area (Å²) < 4.78 is 17.2. The van der Waals surface area contributed by atoms with Crippen LogP contribution >= 0.6 is 36.7 Å². The van der Waals surface area contributed by atoms with E-state index in [2.05, 4.69) is 133 Å². The van der Waals surface area contributed by atoms with Gasteiger partial charge in [-0.15, -0.1) is 0 Å². The number of H-pyrrole nitrogens is 3. The van der Waals surface area contributed by atoms with Crippen LogP contribution in [0.3, 0.4) is 0 Å². The molecule has 494 valence electrons. The predicted molar refractivity (Wildman–Crippen MR) is 401 cm³/mol. The summed E-state index contributed by atoms with van der Waals surface area (Å²) in [6.45, 7) is 2.87. The third-order valence-electron chi connectivity index (χ3n) is 21.6. The molecule has 0 saturated carbocycles. The van der Waals surface area contributed by atoms with Crippen LogP contribution in [0.15, 0.2) is 206 Å². The van der Waals surface area contributed by atoms with Gasteiger partial charge in [0.2, 0.25) is 0 Å². The molecule has 15 nitrogen and oxygen atoms in total. The van der Waals surface area contributed by atoms with Gasteiger partial charge < -0.3 is 43.9 Å². The number of hydrogen-bond donors (Lipinski definition) is 3. The van der Waals surface area contributed by atoms with Gasteiger partial charge in [0.1, 0.15) is 35.4 Å². The summed E-state index contributed by atoms with van der Waals surface area (Å²) in [5.74, 6) is 2.09. The molecule has 9 heterocycles. The Bertz CT molecular complexity index is 5450. The van der Waals surface area contributed by atoms with Crippen molar-refractivity contribution in [1.29, 1.82) is 0 Å². The summed E-state index contributed by atoms with van der Waals surface area (Å²) in [4.78, 5) is 67.8. The van der Waals surface area contributed by atoms with E-state index in [0.29, 0.717) is 59.9 Å². The number of carbonyl (C=O) groups excluding carboxylic acids is 3. The molecule has 6 unspecified atom stereocenters. The highest BCUT2D eigenvalue weighted by Crippen LogP contribution is 2.50. The number of amides is 3. The number of para-hydroxylation sites is 1. The minimum atomic E-state index is -0.600. The van der Waals surface area contributed by atoms with E-state index in [4.69, 9.17) is 50.9 Å². The normalized spacial score (nSPS) is 20.0. The van der Waals surface area contributed by atoms with Crippen molar-refractivity contribution in [3.05, 3.63) is 273 Å². The lowest BCUT2D eigenvalue weighted by atomic mass is 9.88. The van der Waals surface area contributed by atoms with E-state index in [1.54, 1.807) is 36.0 Å². The molecule has 3 amide bonds. The number of anilines is 1. The van der Waals surface area contributed by atoms with Crippen LogP contribution in [0.25, 0.3) is 55.0 Å². The van der Waals surface area contributed by atoms with Crippen LogP contribution in [-0.4, -0.2) is 119 Å². The van der Waals surface area contributed by atoms with Gasteiger partial charge in [0.05, 0.1) is 51.7 Å². The molecule has 6 atom stereocenters. The predicted octanol–water partition coefficient (Wildman–Crippen LogP) is 14.8. The first-order valence-corrected chi connectivity index (χ1v) is 35.0. The number of ether oxygens (including phenoxy) is 3. The fourth-order valence-corrected chi connectivity index (χ4v) is 18.0. The summed E-state index contributed by atoms with van der Waals surface area (Å²) in [5.41, 5.74) is 20.0. The Morgan fingerprint density at radius 2 is 0.850 bits per heavy atom. The Balaban J connectivity index is 0.618. The first-order valence-electron chi connectivity index (χ1n) is 33.8. The second-order valence-corrected chi connectivity index (χ2v) is 28.0. The monoisotopic (exact) mass is 1370 g/mol. The molecule has 6 aliphatic heterocycles. The quantitative estimate of drug-likeness (QED) is 0.0891. The van der Waals surface area contributed by atoms with Gasteiger partial charge in [-0.2, -0.15) is 0 Å². The number of benzene rings is 9. The standard InChI is InChI=1S/C82H67N9O6S3/c1-45-35-49(51-28-31-66-60(40-51)62-42-69-78(93)87(44-47-13-6-5-7-14-47)81(99)89(69)75(72(62)84-66)53-16-11-19-56(37-53)96-3)29-32-67(45)91-79(94)70-43-63-59-39-50(27-30-65(59)85-73(63)76(90(70)82(91)100)54-17-12-20-57(38-54)97-4)48-25-23-46(24-26-48)33-34-86-77(92)68-41-61-58-21-8-9-22-64(58)83-71(61)74(88(68)80(86)98)52-15-10-18-55(36-52)95-2/h5-32,35-40,68-70,74-76,83-85H,33-34,41-44H2,1-4H3. The van der Waals surface area contributed by atoms with E-state index in [1.807, 2.05) is 110 Å². The van der Waals surface area contributed by atoms with Crippen molar-refractivity contribution in [1.82, 2.24) is 39.5 Å². The van der Waals surface area contributed by atoms with Gasteiger partial charge in [-0.1, -0.05) is 127 Å². The van der Waals surface area contributed by atoms with Crippen LogP contribution < -0.4 is 19.1 Å². The third-order valence-corrected chi connectivity index (χ3v) is 22.9. The van der Waals surface area contributed by atoms with Gasteiger partial charge in [0.15, 0.2) is 15.3 Å².